The smallest absolute Gasteiger partial charge is 0.161 e. The van der Waals surface area contributed by atoms with Crippen LogP contribution in [0.4, 0.5) is 0 Å². The molecule has 0 fully saturated rings. The first kappa shape index (κ1) is 14.2. The lowest BCUT2D eigenvalue weighted by Gasteiger charge is -2.03. The van der Waals surface area contributed by atoms with Crippen molar-refractivity contribution in [2.75, 3.05) is 0 Å². The molecule has 0 bridgehead atoms. The van der Waals surface area contributed by atoms with E-state index in [0.29, 0.717) is 0 Å². The first-order valence-corrected chi connectivity index (χ1v) is 9.41. The Morgan fingerprint density at radius 3 is 2.39 bits per heavy atom. The SMILES string of the molecule is c1ccc(-c2nccc3oc4c5cccc6c7ccccc7n(c65)c4c23)cc1. The second-order valence-corrected chi connectivity index (χ2v) is 7.23. The maximum Gasteiger partial charge on any atom is 0.161 e. The van der Waals surface area contributed by atoms with Gasteiger partial charge < -0.3 is 8.82 Å². The number of nitrogens with zero attached hydrogens (tertiary/aromatic N) is 2. The molecule has 130 valence electrons. The van der Waals surface area contributed by atoms with Gasteiger partial charge in [0.25, 0.3) is 0 Å². The molecule has 7 aromatic rings. The van der Waals surface area contributed by atoms with Crippen LogP contribution in [0, 0.1) is 0 Å². The highest BCUT2D eigenvalue weighted by Gasteiger charge is 2.23. The predicted octanol–water partition coefficient (Wildman–Crippen LogP) is 6.64. The summed E-state index contributed by atoms with van der Waals surface area (Å²) in [6, 6.07) is 27.4. The van der Waals surface area contributed by atoms with Gasteiger partial charge in [-0.1, -0.05) is 60.7 Å². The Kier molecular flexibility index (Phi) is 2.49. The molecular weight excluding hydrogens is 344 g/mol. The van der Waals surface area contributed by atoms with Crippen LogP contribution in [-0.4, -0.2) is 9.38 Å². The standard InChI is InChI=1S/C25H14N2O/c1-2-7-15(8-3-1)22-21-20(13-14-26-22)28-25-18-11-6-10-17-16-9-4-5-12-19(16)27(23(17)18)24(21)25/h1-14H. The summed E-state index contributed by atoms with van der Waals surface area (Å²) in [6.45, 7) is 0. The maximum absolute atomic E-state index is 6.39. The third kappa shape index (κ3) is 1.58. The fourth-order valence-corrected chi connectivity index (χ4v) is 4.67. The van der Waals surface area contributed by atoms with Crippen LogP contribution in [0.15, 0.2) is 89.5 Å². The van der Waals surface area contributed by atoms with Gasteiger partial charge in [-0.15, -0.1) is 0 Å². The van der Waals surface area contributed by atoms with E-state index < -0.39 is 0 Å². The average Bonchev–Trinajstić information content (AvgIpc) is 3.39. The third-order valence-corrected chi connectivity index (χ3v) is 5.79. The van der Waals surface area contributed by atoms with Crippen LogP contribution in [0.3, 0.4) is 0 Å². The van der Waals surface area contributed by atoms with Crippen LogP contribution in [0.5, 0.6) is 0 Å². The molecule has 0 atom stereocenters. The number of aromatic nitrogens is 2. The number of hydrogen-bond acceptors (Lipinski definition) is 2. The third-order valence-electron chi connectivity index (χ3n) is 5.79. The molecule has 0 spiro atoms. The van der Waals surface area contributed by atoms with Crippen molar-refractivity contribution in [2.45, 2.75) is 0 Å². The van der Waals surface area contributed by atoms with E-state index in [1.165, 1.54) is 21.8 Å². The largest absolute Gasteiger partial charge is 0.454 e. The summed E-state index contributed by atoms with van der Waals surface area (Å²) in [7, 11) is 0. The first-order valence-electron chi connectivity index (χ1n) is 9.41. The van der Waals surface area contributed by atoms with Crippen LogP contribution in [0.2, 0.25) is 0 Å². The van der Waals surface area contributed by atoms with Crippen LogP contribution in [0.1, 0.15) is 0 Å². The lowest BCUT2D eigenvalue weighted by atomic mass is 10.1. The number of benzene rings is 3. The van der Waals surface area contributed by atoms with E-state index in [1.54, 1.807) is 0 Å². The summed E-state index contributed by atoms with van der Waals surface area (Å²) in [5.74, 6) is 0. The zero-order valence-electron chi connectivity index (χ0n) is 14.9. The molecule has 7 rings (SSSR count). The highest BCUT2D eigenvalue weighted by atomic mass is 16.3. The Morgan fingerprint density at radius 2 is 1.46 bits per heavy atom. The lowest BCUT2D eigenvalue weighted by molar-refractivity contribution is 0.672. The van der Waals surface area contributed by atoms with Crippen LogP contribution in [0.25, 0.3) is 60.5 Å². The fourth-order valence-electron chi connectivity index (χ4n) is 4.67. The second-order valence-electron chi connectivity index (χ2n) is 7.23. The molecule has 0 aliphatic rings. The molecule has 0 saturated heterocycles. The van der Waals surface area contributed by atoms with Gasteiger partial charge in [0.05, 0.1) is 22.1 Å². The average molecular weight is 358 g/mol. The van der Waals surface area contributed by atoms with E-state index in [1.807, 2.05) is 30.5 Å². The quantitative estimate of drug-likeness (QED) is 0.329. The summed E-state index contributed by atoms with van der Waals surface area (Å²) >= 11 is 0. The van der Waals surface area contributed by atoms with E-state index in [4.69, 9.17) is 9.40 Å². The molecule has 0 amide bonds. The number of rotatable bonds is 1. The molecule has 0 aliphatic carbocycles. The Balaban J connectivity index is 1.82. The highest BCUT2D eigenvalue weighted by molar-refractivity contribution is 6.27. The van der Waals surface area contributed by atoms with Gasteiger partial charge in [0.1, 0.15) is 11.1 Å². The van der Waals surface area contributed by atoms with Crippen molar-refractivity contribution in [1.82, 2.24) is 9.38 Å². The Labute approximate surface area is 159 Å². The zero-order chi connectivity index (χ0) is 18.2. The number of para-hydroxylation sites is 2. The van der Waals surface area contributed by atoms with Gasteiger partial charge in [-0.2, -0.15) is 0 Å². The van der Waals surface area contributed by atoms with E-state index >= 15 is 0 Å². The van der Waals surface area contributed by atoms with Crippen LogP contribution in [-0.2, 0) is 0 Å². The van der Waals surface area contributed by atoms with Gasteiger partial charge in [-0.3, -0.25) is 4.98 Å². The molecule has 3 aromatic carbocycles. The summed E-state index contributed by atoms with van der Waals surface area (Å²) < 4.78 is 8.75. The molecule has 3 heteroatoms. The van der Waals surface area contributed by atoms with Crippen molar-refractivity contribution in [3.63, 3.8) is 0 Å². The van der Waals surface area contributed by atoms with Crippen molar-refractivity contribution in [3.05, 3.63) is 85.1 Å². The van der Waals surface area contributed by atoms with Gasteiger partial charge in [0.15, 0.2) is 5.58 Å². The second kappa shape index (κ2) is 4.90. The number of pyridine rings is 1. The molecule has 0 saturated carbocycles. The van der Waals surface area contributed by atoms with Gasteiger partial charge in [0.2, 0.25) is 0 Å². The number of furan rings is 1. The van der Waals surface area contributed by atoms with Crippen molar-refractivity contribution < 1.29 is 4.42 Å². The lowest BCUT2D eigenvalue weighted by Crippen LogP contribution is -1.86. The van der Waals surface area contributed by atoms with Gasteiger partial charge in [-0.25, -0.2) is 0 Å². The Morgan fingerprint density at radius 1 is 0.679 bits per heavy atom. The van der Waals surface area contributed by atoms with E-state index in [9.17, 15) is 0 Å². The first-order chi connectivity index (χ1) is 13.9. The predicted molar refractivity (Wildman–Crippen MR) is 114 cm³/mol. The molecule has 0 N–H and O–H groups in total. The van der Waals surface area contributed by atoms with Crippen LogP contribution >= 0.6 is 0 Å². The van der Waals surface area contributed by atoms with E-state index in [-0.39, 0.29) is 0 Å². The summed E-state index contributed by atoms with van der Waals surface area (Å²) in [6.07, 6.45) is 1.83. The maximum atomic E-state index is 6.39. The summed E-state index contributed by atoms with van der Waals surface area (Å²) in [5.41, 5.74) is 7.40. The van der Waals surface area contributed by atoms with Crippen molar-refractivity contribution in [1.29, 1.82) is 0 Å². The Hall–Kier alpha value is -3.85. The normalized spacial score (nSPS) is 12.3. The Bertz CT molecular complexity index is 1650. The van der Waals surface area contributed by atoms with Crippen LogP contribution < -0.4 is 0 Å². The molecule has 0 unspecified atom stereocenters. The van der Waals surface area contributed by atoms with Crippen molar-refractivity contribution in [3.8, 4) is 11.3 Å². The molecule has 4 heterocycles. The van der Waals surface area contributed by atoms with E-state index in [0.717, 1.165) is 38.7 Å². The molecule has 3 nitrogen and oxygen atoms in total. The molecule has 0 aliphatic heterocycles. The monoisotopic (exact) mass is 358 g/mol. The highest BCUT2D eigenvalue weighted by Crippen LogP contribution is 2.44. The van der Waals surface area contributed by atoms with Gasteiger partial charge >= 0.3 is 0 Å². The minimum Gasteiger partial charge on any atom is -0.454 e. The molecule has 28 heavy (non-hydrogen) atoms. The van der Waals surface area contributed by atoms with Crippen molar-refractivity contribution >= 4 is 49.3 Å². The van der Waals surface area contributed by atoms with Gasteiger partial charge in [0, 0.05) is 27.9 Å². The summed E-state index contributed by atoms with van der Waals surface area (Å²) in [5, 5.41) is 4.75. The topological polar surface area (TPSA) is 30.4 Å². The molecular formula is C25H14N2O. The molecule has 0 radical (unpaired) electrons. The van der Waals surface area contributed by atoms with E-state index in [2.05, 4.69) is 59.0 Å². The zero-order valence-corrected chi connectivity index (χ0v) is 14.9. The van der Waals surface area contributed by atoms with Crippen molar-refractivity contribution in [2.24, 2.45) is 0 Å². The number of fused-ring (bicyclic) bond motifs is 8. The minimum absolute atomic E-state index is 0.874. The molecule has 4 aromatic heterocycles. The number of hydrogen-bond donors (Lipinski definition) is 0. The fraction of sp³-hybridized carbons (Fsp3) is 0. The van der Waals surface area contributed by atoms with Gasteiger partial charge in [-0.05, 0) is 18.2 Å². The minimum atomic E-state index is 0.874. The summed E-state index contributed by atoms with van der Waals surface area (Å²) in [4.78, 5) is 4.74.